The molecular formula is C12H16O2. The average molecular weight is 192 g/mol. The van der Waals surface area contributed by atoms with E-state index in [0.717, 1.165) is 18.4 Å². The van der Waals surface area contributed by atoms with Crippen LogP contribution in [-0.2, 0) is 0 Å². The Bertz CT molecular complexity index is 314. The lowest BCUT2D eigenvalue weighted by Crippen LogP contribution is -2.00. The van der Waals surface area contributed by atoms with Crippen LogP contribution in [0.25, 0.3) is 0 Å². The molecule has 0 heterocycles. The predicted octanol–water partition coefficient (Wildman–Crippen LogP) is 3.29. The molecule has 0 amide bonds. The SMILES string of the molecule is CC.O=C(O)c1ccccc1C1CC1. The third-order valence-electron chi connectivity index (χ3n) is 2.21. The summed E-state index contributed by atoms with van der Waals surface area (Å²) < 4.78 is 0. The lowest BCUT2D eigenvalue weighted by Gasteiger charge is -2.01. The molecule has 1 aliphatic rings. The summed E-state index contributed by atoms with van der Waals surface area (Å²) in [4.78, 5) is 10.8. The summed E-state index contributed by atoms with van der Waals surface area (Å²) in [6, 6.07) is 7.27. The first-order chi connectivity index (χ1) is 6.79. The van der Waals surface area contributed by atoms with Gasteiger partial charge in [0.15, 0.2) is 0 Å². The number of aromatic carboxylic acids is 1. The van der Waals surface area contributed by atoms with Crippen molar-refractivity contribution in [2.75, 3.05) is 0 Å². The molecule has 1 fully saturated rings. The van der Waals surface area contributed by atoms with Gasteiger partial charge in [0, 0.05) is 0 Å². The van der Waals surface area contributed by atoms with Crippen LogP contribution in [-0.4, -0.2) is 11.1 Å². The summed E-state index contributed by atoms with van der Waals surface area (Å²) in [5.41, 5.74) is 1.48. The van der Waals surface area contributed by atoms with Gasteiger partial charge < -0.3 is 5.11 Å². The van der Waals surface area contributed by atoms with E-state index >= 15 is 0 Å². The molecule has 1 N–H and O–H groups in total. The second-order valence-corrected chi connectivity index (χ2v) is 3.17. The van der Waals surface area contributed by atoms with E-state index in [9.17, 15) is 4.79 Å². The van der Waals surface area contributed by atoms with E-state index in [1.807, 2.05) is 26.0 Å². The maximum Gasteiger partial charge on any atom is 0.335 e. The van der Waals surface area contributed by atoms with E-state index in [-0.39, 0.29) is 0 Å². The summed E-state index contributed by atoms with van der Waals surface area (Å²) in [6.45, 7) is 4.00. The molecule has 2 heteroatoms. The fourth-order valence-corrected chi connectivity index (χ4v) is 1.44. The quantitative estimate of drug-likeness (QED) is 0.780. The Morgan fingerprint density at radius 2 is 1.86 bits per heavy atom. The molecule has 76 valence electrons. The average Bonchev–Trinajstić information content (AvgIpc) is 3.04. The molecule has 1 aromatic rings. The second-order valence-electron chi connectivity index (χ2n) is 3.17. The summed E-state index contributed by atoms with van der Waals surface area (Å²) in [6.07, 6.45) is 2.29. The molecule has 1 aromatic carbocycles. The number of carboxylic acids is 1. The molecular weight excluding hydrogens is 176 g/mol. The van der Waals surface area contributed by atoms with Crippen LogP contribution in [0.1, 0.15) is 48.5 Å². The molecule has 2 rings (SSSR count). The van der Waals surface area contributed by atoms with E-state index in [4.69, 9.17) is 5.11 Å². The monoisotopic (exact) mass is 192 g/mol. The van der Waals surface area contributed by atoms with Gasteiger partial charge in [-0.2, -0.15) is 0 Å². The largest absolute Gasteiger partial charge is 0.478 e. The second kappa shape index (κ2) is 4.80. The normalized spacial score (nSPS) is 14.1. The van der Waals surface area contributed by atoms with Gasteiger partial charge in [0.25, 0.3) is 0 Å². The van der Waals surface area contributed by atoms with E-state index in [2.05, 4.69) is 0 Å². The molecule has 0 saturated heterocycles. The van der Waals surface area contributed by atoms with Gasteiger partial charge in [-0.25, -0.2) is 4.79 Å². The van der Waals surface area contributed by atoms with Gasteiger partial charge in [0.2, 0.25) is 0 Å². The molecule has 0 spiro atoms. The number of carboxylic acid groups (broad SMARTS) is 1. The molecule has 2 nitrogen and oxygen atoms in total. The minimum absolute atomic E-state index is 0.472. The van der Waals surface area contributed by atoms with Crippen molar-refractivity contribution >= 4 is 5.97 Å². The zero-order chi connectivity index (χ0) is 10.6. The number of benzene rings is 1. The Hall–Kier alpha value is -1.31. The van der Waals surface area contributed by atoms with E-state index < -0.39 is 5.97 Å². The van der Waals surface area contributed by atoms with Crippen molar-refractivity contribution in [3.05, 3.63) is 35.4 Å². The minimum Gasteiger partial charge on any atom is -0.478 e. The molecule has 1 aliphatic carbocycles. The standard InChI is InChI=1S/C10H10O2.C2H6/c11-10(12)9-4-2-1-3-8(9)7-5-6-7;1-2/h1-4,7H,5-6H2,(H,11,12);1-2H3. The highest BCUT2D eigenvalue weighted by molar-refractivity contribution is 5.89. The summed E-state index contributed by atoms with van der Waals surface area (Å²) in [5.74, 6) is -0.296. The van der Waals surface area contributed by atoms with Crippen LogP contribution in [0.4, 0.5) is 0 Å². The first-order valence-corrected chi connectivity index (χ1v) is 5.11. The van der Waals surface area contributed by atoms with Gasteiger partial charge in [-0.15, -0.1) is 0 Å². The Labute approximate surface area is 84.6 Å². The first kappa shape index (κ1) is 10.8. The number of rotatable bonds is 2. The summed E-state index contributed by atoms with van der Waals surface area (Å²) in [7, 11) is 0. The lowest BCUT2D eigenvalue weighted by molar-refractivity contribution is 0.0695. The lowest BCUT2D eigenvalue weighted by atomic mass is 10.0. The van der Waals surface area contributed by atoms with Crippen molar-refractivity contribution in [2.45, 2.75) is 32.6 Å². The number of hydrogen-bond acceptors (Lipinski definition) is 1. The zero-order valence-corrected chi connectivity index (χ0v) is 8.66. The minimum atomic E-state index is -0.808. The fraction of sp³-hybridized carbons (Fsp3) is 0.417. The maximum absolute atomic E-state index is 10.8. The highest BCUT2D eigenvalue weighted by Gasteiger charge is 2.27. The molecule has 14 heavy (non-hydrogen) atoms. The van der Waals surface area contributed by atoms with Gasteiger partial charge in [0.1, 0.15) is 0 Å². The molecule has 0 bridgehead atoms. The maximum atomic E-state index is 10.8. The van der Waals surface area contributed by atoms with Crippen LogP contribution >= 0.6 is 0 Å². The van der Waals surface area contributed by atoms with E-state index in [1.54, 1.807) is 12.1 Å². The predicted molar refractivity (Wildman–Crippen MR) is 56.7 cm³/mol. The van der Waals surface area contributed by atoms with Gasteiger partial charge in [-0.05, 0) is 30.4 Å². The number of hydrogen-bond donors (Lipinski definition) is 1. The van der Waals surface area contributed by atoms with Crippen molar-refractivity contribution < 1.29 is 9.90 Å². The zero-order valence-electron chi connectivity index (χ0n) is 8.66. The van der Waals surface area contributed by atoms with Crippen LogP contribution in [0.15, 0.2) is 24.3 Å². The highest BCUT2D eigenvalue weighted by Crippen LogP contribution is 2.41. The molecule has 0 unspecified atom stereocenters. The Kier molecular flexibility index (Phi) is 3.69. The van der Waals surface area contributed by atoms with Gasteiger partial charge in [0.05, 0.1) is 5.56 Å². The van der Waals surface area contributed by atoms with Gasteiger partial charge >= 0.3 is 5.97 Å². The topological polar surface area (TPSA) is 37.3 Å². The summed E-state index contributed by atoms with van der Waals surface area (Å²) >= 11 is 0. The van der Waals surface area contributed by atoms with Gasteiger partial charge in [-0.1, -0.05) is 32.0 Å². The molecule has 0 radical (unpaired) electrons. The summed E-state index contributed by atoms with van der Waals surface area (Å²) in [5, 5.41) is 8.84. The van der Waals surface area contributed by atoms with Crippen LogP contribution < -0.4 is 0 Å². The Morgan fingerprint density at radius 1 is 1.29 bits per heavy atom. The van der Waals surface area contributed by atoms with Crippen molar-refractivity contribution in [1.29, 1.82) is 0 Å². The van der Waals surface area contributed by atoms with Crippen molar-refractivity contribution in [2.24, 2.45) is 0 Å². The van der Waals surface area contributed by atoms with Crippen LogP contribution in [0, 0.1) is 0 Å². The number of carbonyl (C=O) groups is 1. The van der Waals surface area contributed by atoms with Crippen molar-refractivity contribution in [3.8, 4) is 0 Å². The third-order valence-corrected chi connectivity index (χ3v) is 2.21. The van der Waals surface area contributed by atoms with Gasteiger partial charge in [-0.3, -0.25) is 0 Å². The molecule has 1 saturated carbocycles. The molecule has 0 atom stereocenters. The van der Waals surface area contributed by atoms with Crippen molar-refractivity contribution in [3.63, 3.8) is 0 Å². The van der Waals surface area contributed by atoms with Crippen LogP contribution in [0.3, 0.4) is 0 Å². The Morgan fingerprint density at radius 3 is 2.36 bits per heavy atom. The Balaban J connectivity index is 0.000000461. The fourth-order valence-electron chi connectivity index (χ4n) is 1.44. The van der Waals surface area contributed by atoms with Crippen LogP contribution in [0.2, 0.25) is 0 Å². The third kappa shape index (κ3) is 2.34. The molecule has 0 aliphatic heterocycles. The van der Waals surface area contributed by atoms with E-state index in [1.165, 1.54) is 0 Å². The smallest absolute Gasteiger partial charge is 0.335 e. The van der Waals surface area contributed by atoms with E-state index in [0.29, 0.717) is 11.5 Å². The molecule has 0 aromatic heterocycles. The van der Waals surface area contributed by atoms with Crippen LogP contribution in [0.5, 0.6) is 0 Å². The first-order valence-electron chi connectivity index (χ1n) is 5.11. The highest BCUT2D eigenvalue weighted by atomic mass is 16.4. The van der Waals surface area contributed by atoms with Crippen molar-refractivity contribution in [1.82, 2.24) is 0 Å².